The molecule has 10 heteroatoms. The Morgan fingerprint density at radius 2 is 2.00 bits per heavy atom. The topological polar surface area (TPSA) is 93.4 Å². The summed E-state index contributed by atoms with van der Waals surface area (Å²) < 4.78 is 7.47. The first-order valence-electron chi connectivity index (χ1n) is 10.6. The number of benzene rings is 2. The van der Waals surface area contributed by atoms with Gasteiger partial charge in [0.25, 0.3) is 5.91 Å². The van der Waals surface area contributed by atoms with Crippen LogP contribution in [-0.2, 0) is 6.42 Å². The Labute approximate surface area is 201 Å². The fourth-order valence-corrected chi connectivity index (χ4v) is 4.12. The molecule has 0 aliphatic heterocycles. The maximum Gasteiger partial charge on any atom is 0.257 e. The van der Waals surface area contributed by atoms with E-state index in [4.69, 9.17) is 17.0 Å². The van der Waals surface area contributed by atoms with Crippen molar-refractivity contribution in [2.75, 3.05) is 11.9 Å². The van der Waals surface area contributed by atoms with E-state index in [1.54, 1.807) is 22.7 Å². The first kappa shape index (κ1) is 22.8. The number of hydrogen-bond donors (Lipinski definition) is 2. The summed E-state index contributed by atoms with van der Waals surface area (Å²) in [5, 5.41) is 19.7. The second kappa shape index (κ2) is 10.1. The zero-order valence-electron chi connectivity index (χ0n) is 18.5. The number of fused-ring (bicyclic) bond motifs is 1. The molecule has 4 rings (SSSR count). The van der Waals surface area contributed by atoms with Crippen molar-refractivity contribution in [1.29, 1.82) is 0 Å². The summed E-state index contributed by atoms with van der Waals surface area (Å²) in [5.74, 6) is 1.57. The second-order valence-electron chi connectivity index (χ2n) is 7.79. The first-order valence-corrected chi connectivity index (χ1v) is 11.8. The van der Waals surface area contributed by atoms with Gasteiger partial charge in [0.15, 0.2) is 10.9 Å². The second-order valence-corrected chi connectivity index (χ2v) is 9.16. The molecule has 4 aromatic rings. The van der Waals surface area contributed by atoms with Crippen molar-refractivity contribution in [2.24, 2.45) is 5.92 Å². The van der Waals surface area contributed by atoms with Gasteiger partial charge in [-0.3, -0.25) is 10.1 Å². The van der Waals surface area contributed by atoms with E-state index in [0.29, 0.717) is 23.8 Å². The van der Waals surface area contributed by atoms with E-state index in [0.717, 1.165) is 33.5 Å². The molecule has 0 bridgehead atoms. The third-order valence-corrected chi connectivity index (χ3v) is 5.80. The molecule has 33 heavy (non-hydrogen) atoms. The summed E-state index contributed by atoms with van der Waals surface area (Å²) in [6.45, 7) is 6.75. The quantitative estimate of drug-likeness (QED) is 0.374. The minimum atomic E-state index is -0.306. The van der Waals surface area contributed by atoms with Gasteiger partial charge in [-0.25, -0.2) is 0 Å². The standard InChI is InChI=1S/C23H24N6O2S2/c1-4-19-26-27-23-29(19)28-21(33-23)16-8-5-9-17(11-16)24-22(32)25-20(30)15-7-6-10-18(12-15)31-13-14(2)3/h5-12,14H,4,13H2,1-3H3,(H2,24,25,30,32). The largest absolute Gasteiger partial charge is 0.493 e. The normalized spacial score (nSPS) is 11.0. The average Bonchev–Trinajstić information content (AvgIpc) is 3.39. The number of nitrogens with one attached hydrogen (secondary N) is 2. The molecular formula is C23H24N6O2S2. The molecule has 0 saturated heterocycles. The number of ether oxygens (including phenoxy) is 1. The predicted molar refractivity (Wildman–Crippen MR) is 134 cm³/mol. The summed E-state index contributed by atoms with van der Waals surface area (Å²) >= 11 is 6.82. The summed E-state index contributed by atoms with van der Waals surface area (Å²) in [6, 6.07) is 14.7. The van der Waals surface area contributed by atoms with Crippen molar-refractivity contribution in [3.05, 3.63) is 59.9 Å². The lowest BCUT2D eigenvalue weighted by Crippen LogP contribution is -2.34. The SMILES string of the molecule is CCc1nnc2sc(-c3cccc(NC(=S)NC(=O)c4cccc(OCC(C)C)c4)c3)nn12. The molecule has 0 fully saturated rings. The van der Waals surface area contributed by atoms with Crippen LogP contribution in [0.1, 0.15) is 37.0 Å². The van der Waals surface area contributed by atoms with Gasteiger partial charge in [0.2, 0.25) is 4.96 Å². The van der Waals surface area contributed by atoms with Crippen molar-refractivity contribution < 1.29 is 9.53 Å². The van der Waals surface area contributed by atoms with Crippen molar-refractivity contribution in [3.63, 3.8) is 0 Å². The van der Waals surface area contributed by atoms with E-state index >= 15 is 0 Å². The van der Waals surface area contributed by atoms with Gasteiger partial charge in [0.1, 0.15) is 10.8 Å². The number of amides is 1. The van der Waals surface area contributed by atoms with Crippen LogP contribution in [0.5, 0.6) is 5.75 Å². The van der Waals surface area contributed by atoms with Crippen LogP contribution >= 0.6 is 23.6 Å². The number of anilines is 1. The first-order chi connectivity index (χ1) is 15.9. The third-order valence-electron chi connectivity index (χ3n) is 4.65. The number of aromatic nitrogens is 4. The minimum absolute atomic E-state index is 0.206. The number of rotatable bonds is 7. The summed E-state index contributed by atoms with van der Waals surface area (Å²) in [6.07, 6.45) is 0.757. The molecule has 0 aliphatic rings. The molecule has 2 aromatic heterocycles. The van der Waals surface area contributed by atoms with Gasteiger partial charge in [0, 0.05) is 23.2 Å². The number of thiocarbonyl (C=S) groups is 1. The van der Waals surface area contributed by atoms with Crippen molar-refractivity contribution in [3.8, 4) is 16.3 Å². The van der Waals surface area contributed by atoms with Crippen LogP contribution in [0.4, 0.5) is 5.69 Å². The molecule has 2 heterocycles. The Kier molecular flexibility index (Phi) is 6.95. The van der Waals surface area contributed by atoms with Crippen LogP contribution < -0.4 is 15.4 Å². The van der Waals surface area contributed by atoms with Crippen LogP contribution in [0.15, 0.2) is 48.5 Å². The predicted octanol–water partition coefficient (Wildman–Crippen LogP) is 4.58. The highest BCUT2D eigenvalue weighted by atomic mass is 32.1. The highest BCUT2D eigenvalue weighted by Crippen LogP contribution is 2.27. The molecule has 170 valence electrons. The monoisotopic (exact) mass is 480 g/mol. The van der Waals surface area contributed by atoms with Gasteiger partial charge in [-0.1, -0.05) is 50.3 Å². The van der Waals surface area contributed by atoms with Crippen LogP contribution in [0, 0.1) is 5.92 Å². The van der Waals surface area contributed by atoms with E-state index in [-0.39, 0.29) is 11.0 Å². The Bertz CT molecular complexity index is 1300. The summed E-state index contributed by atoms with van der Waals surface area (Å²) in [7, 11) is 0. The van der Waals surface area contributed by atoms with Gasteiger partial charge in [-0.2, -0.15) is 9.61 Å². The third kappa shape index (κ3) is 5.52. The number of nitrogens with zero attached hydrogens (tertiary/aromatic N) is 4. The van der Waals surface area contributed by atoms with Crippen LogP contribution in [0.2, 0.25) is 0 Å². The molecular weight excluding hydrogens is 456 g/mol. The molecule has 0 aliphatic carbocycles. The number of aryl methyl sites for hydroxylation is 1. The fourth-order valence-electron chi connectivity index (χ4n) is 3.05. The Morgan fingerprint density at radius 1 is 1.18 bits per heavy atom. The van der Waals surface area contributed by atoms with Gasteiger partial charge in [0.05, 0.1) is 6.61 Å². The lowest BCUT2D eigenvalue weighted by atomic mass is 10.2. The van der Waals surface area contributed by atoms with E-state index in [1.165, 1.54) is 11.3 Å². The Hall–Kier alpha value is -3.37. The Morgan fingerprint density at radius 3 is 2.79 bits per heavy atom. The van der Waals surface area contributed by atoms with E-state index in [1.807, 2.05) is 37.3 Å². The number of hydrogen-bond acceptors (Lipinski definition) is 7. The molecule has 0 saturated carbocycles. The molecule has 0 atom stereocenters. The molecule has 8 nitrogen and oxygen atoms in total. The van der Waals surface area contributed by atoms with Crippen molar-refractivity contribution in [2.45, 2.75) is 27.2 Å². The van der Waals surface area contributed by atoms with E-state index < -0.39 is 0 Å². The zero-order chi connectivity index (χ0) is 23.4. The maximum absolute atomic E-state index is 12.6. The number of carbonyl (C=O) groups is 1. The lowest BCUT2D eigenvalue weighted by Gasteiger charge is -2.12. The molecule has 2 N–H and O–H groups in total. The molecule has 1 amide bonds. The molecule has 2 aromatic carbocycles. The van der Waals surface area contributed by atoms with Crippen molar-refractivity contribution in [1.82, 2.24) is 25.1 Å². The fraction of sp³-hybridized carbons (Fsp3) is 0.261. The van der Waals surface area contributed by atoms with Crippen LogP contribution in [0.25, 0.3) is 15.5 Å². The summed E-state index contributed by atoms with van der Waals surface area (Å²) in [5.41, 5.74) is 2.14. The van der Waals surface area contributed by atoms with E-state index in [2.05, 4.69) is 39.8 Å². The summed E-state index contributed by atoms with van der Waals surface area (Å²) in [4.78, 5) is 13.4. The van der Waals surface area contributed by atoms with Gasteiger partial charge < -0.3 is 10.1 Å². The highest BCUT2D eigenvalue weighted by molar-refractivity contribution is 7.80. The lowest BCUT2D eigenvalue weighted by molar-refractivity contribution is 0.0977. The highest BCUT2D eigenvalue weighted by Gasteiger charge is 2.13. The number of carbonyl (C=O) groups excluding carboxylic acids is 1. The minimum Gasteiger partial charge on any atom is -0.493 e. The van der Waals surface area contributed by atoms with Crippen molar-refractivity contribution >= 4 is 45.2 Å². The molecule has 0 spiro atoms. The van der Waals surface area contributed by atoms with Crippen LogP contribution in [-0.4, -0.2) is 37.4 Å². The maximum atomic E-state index is 12.6. The zero-order valence-corrected chi connectivity index (χ0v) is 20.2. The van der Waals surface area contributed by atoms with Gasteiger partial charge >= 0.3 is 0 Å². The van der Waals surface area contributed by atoms with Gasteiger partial charge in [-0.05, 0) is 48.5 Å². The smallest absolute Gasteiger partial charge is 0.257 e. The van der Waals surface area contributed by atoms with E-state index in [9.17, 15) is 4.79 Å². The Balaban J connectivity index is 1.42. The van der Waals surface area contributed by atoms with Gasteiger partial charge in [-0.15, -0.1) is 10.2 Å². The molecule has 0 radical (unpaired) electrons. The average molecular weight is 481 g/mol. The van der Waals surface area contributed by atoms with Crippen LogP contribution in [0.3, 0.4) is 0 Å². The molecule has 0 unspecified atom stereocenters.